The van der Waals surface area contributed by atoms with E-state index in [1.54, 1.807) is 0 Å². The predicted octanol–water partition coefficient (Wildman–Crippen LogP) is 3.29. The molecule has 1 fully saturated rings. The van der Waals surface area contributed by atoms with E-state index in [-0.39, 0.29) is 5.92 Å². The van der Waals surface area contributed by atoms with Crippen molar-refractivity contribution in [2.24, 2.45) is 17.8 Å². The Kier molecular flexibility index (Phi) is 6.69. The van der Waals surface area contributed by atoms with Crippen LogP contribution in [0.25, 0.3) is 0 Å². The van der Waals surface area contributed by atoms with Crippen molar-refractivity contribution < 1.29 is 9.90 Å². The average molecular weight is 255 g/mol. The summed E-state index contributed by atoms with van der Waals surface area (Å²) in [6, 6.07) is 0.458. The highest BCUT2D eigenvalue weighted by molar-refractivity contribution is 5.70. The van der Waals surface area contributed by atoms with E-state index in [9.17, 15) is 9.90 Å². The lowest BCUT2D eigenvalue weighted by molar-refractivity contribution is -0.142. The van der Waals surface area contributed by atoms with E-state index in [1.165, 1.54) is 32.1 Å². The molecular formula is C15H29NO2. The minimum absolute atomic E-state index is 0.240. The number of hydrogen-bond acceptors (Lipinski definition) is 2. The summed E-state index contributed by atoms with van der Waals surface area (Å²) in [6.07, 6.45) is 7.41. The van der Waals surface area contributed by atoms with Gasteiger partial charge in [-0.2, -0.15) is 0 Å². The number of hydrogen-bond donors (Lipinski definition) is 2. The Labute approximate surface area is 111 Å². The minimum Gasteiger partial charge on any atom is -0.481 e. The fraction of sp³-hybridized carbons (Fsp3) is 0.933. The van der Waals surface area contributed by atoms with Gasteiger partial charge in [-0.05, 0) is 38.0 Å². The van der Waals surface area contributed by atoms with Crippen molar-refractivity contribution >= 4 is 5.97 Å². The molecule has 106 valence electrons. The van der Waals surface area contributed by atoms with E-state index < -0.39 is 5.97 Å². The van der Waals surface area contributed by atoms with Crippen LogP contribution in [0.15, 0.2) is 0 Å². The summed E-state index contributed by atoms with van der Waals surface area (Å²) in [5.74, 6) is 0.285. The van der Waals surface area contributed by atoms with Crippen LogP contribution in [0.2, 0.25) is 0 Å². The van der Waals surface area contributed by atoms with Gasteiger partial charge in [-0.15, -0.1) is 0 Å². The summed E-state index contributed by atoms with van der Waals surface area (Å²) >= 11 is 0. The summed E-state index contributed by atoms with van der Waals surface area (Å²) in [4.78, 5) is 11.2. The van der Waals surface area contributed by atoms with E-state index >= 15 is 0 Å². The van der Waals surface area contributed by atoms with E-state index in [1.807, 2.05) is 0 Å². The van der Waals surface area contributed by atoms with Crippen molar-refractivity contribution in [3.63, 3.8) is 0 Å². The topological polar surface area (TPSA) is 49.3 Å². The van der Waals surface area contributed by atoms with Crippen molar-refractivity contribution in [1.82, 2.24) is 5.32 Å². The van der Waals surface area contributed by atoms with Crippen LogP contribution in [0.4, 0.5) is 0 Å². The summed E-state index contributed by atoms with van der Waals surface area (Å²) in [6.45, 7) is 7.00. The van der Waals surface area contributed by atoms with Crippen LogP contribution < -0.4 is 5.32 Å². The summed E-state index contributed by atoms with van der Waals surface area (Å²) in [7, 11) is 0. The molecule has 1 aliphatic carbocycles. The van der Waals surface area contributed by atoms with Crippen LogP contribution in [0, 0.1) is 17.8 Å². The molecular weight excluding hydrogens is 226 g/mol. The Bertz CT molecular complexity index is 247. The molecule has 2 unspecified atom stereocenters. The molecule has 0 radical (unpaired) electrons. The maximum atomic E-state index is 11.2. The lowest BCUT2D eigenvalue weighted by Gasteiger charge is -2.29. The molecule has 0 heterocycles. The molecule has 3 heteroatoms. The van der Waals surface area contributed by atoms with Crippen LogP contribution in [0.3, 0.4) is 0 Å². The molecule has 0 aromatic rings. The number of nitrogens with one attached hydrogen (secondary N) is 1. The molecule has 0 aromatic heterocycles. The first-order valence-corrected chi connectivity index (χ1v) is 7.47. The number of rotatable bonds is 7. The highest BCUT2D eigenvalue weighted by atomic mass is 16.4. The maximum absolute atomic E-state index is 11.2. The van der Waals surface area contributed by atoms with Crippen LogP contribution >= 0.6 is 0 Å². The summed E-state index contributed by atoms with van der Waals surface area (Å²) < 4.78 is 0. The van der Waals surface area contributed by atoms with Gasteiger partial charge in [0.1, 0.15) is 0 Å². The first-order valence-electron chi connectivity index (χ1n) is 7.47. The fourth-order valence-corrected chi connectivity index (χ4v) is 2.97. The zero-order valence-corrected chi connectivity index (χ0v) is 12.1. The largest absolute Gasteiger partial charge is 0.481 e. The van der Waals surface area contributed by atoms with Gasteiger partial charge in [-0.25, -0.2) is 0 Å². The van der Waals surface area contributed by atoms with Crippen molar-refractivity contribution in [2.75, 3.05) is 6.54 Å². The zero-order chi connectivity index (χ0) is 13.5. The lowest BCUT2D eigenvalue weighted by Crippen LogP contribution is -2.39. The number of carboxylic acid groups (broad SMARTS) is 1. The Morgan fingerprint density at radius 2 is 1.83 bits per heavy atom. The maximum Gasteiger partial charge on any atom is 0.307 e. The average Bonchev–Trinajstić information content (AvgIpc) is 2.34. The molecule has 1 saturated carbocycles. The smallest absolute Gasteiger partial charge is 0.307 e. The Balaban J connectivity index is 2.33. The number of carbonyl (C=O) groups is 1. The summed E-state index contributed by atoms with van der Waals surface area (Å²) in [5.41, 5.74) is 0. The van der Waals surface area contributed by atoms with Gasteiger partial charge in [0.15, 0.2) is 0 Å². The SMILES string of the molecule is CC(C)CC(CNC(C)C1CCCCC1)C(=O)O. The monoisotopic (exact) mass is 255 g/mol. The number of aliphatic carboxylic acids is 1. The molecule has 1 aliphatic rings. The number of carboxylic acids is 1. The molecule has 0 aromatic carbocycles. The summed E-state index contributed by atoms with van der Waals surface area (Å²) in [5, 5.41) is 12.7. The van der Waals surface area contributed by atoms with Crippen LogP contribution in [-0.2, 0) is 4.79 Å². The van der Waals surface area contributed by atoms with E-state index in [4.69, 9.17) is 0 Å². The standard InChI is InChI=1S/C15H29NO2/c1-11(2)9-14(15(17)18)10-16-12(3)13-7-5-4-6-8-13/h11-14,16H,4-10H2,1-3H3,(H,17,18). The molecule has 1 rings (SSSR count). The second-order valence-electron chi connectivity index (χ2n) is 6.26. The predicted molar refractivity (Wildman–Crippen MR) is 74.6 cm³/mol. The lowest BCUT2D eigenvalue weighted by atomic mass is 9.84. The van der Waals surface area contributed by atoms with Gasteiger partial charge in [0.25, 0.3) is 0 Å². The van der Waals surface area contributed by atoms with Crippen molar-refractivity contribution in [2.45, 2.75) is 65.3 Å². The molecule has 0 aliphatic heterocycles. The Morgan fingerprint density at radius 3 is 2.33 bits per heavy atom. The Morgan fingerprint density at radius 1 is 1.22 bits per heavy atom. The van der Waals surface area contributed by atoms with Gasteiger partial charge in [0, 0.05) is 12.6 Å². The third kappa shape index (κ3) is 5.38. The van der Waals surface area contributed by atoms with Gasteiger partial charge < -0.3 is 10.4 Å². The van der Waals surface area contributed by atoms with Crippen LogP contribution in [-0.4, -0.2) is 23.7 Å². The van der Waals surface area contributed by atoms with Gasteiger partial charge in [-0.3, -0.25) is 4.79 Å². The second-order valence-corrected chi connectivity index (χ2v) is 6.26. The zero-order valence-electron chi connectivity index (χ0n) is 12.1. The van der Waals surface area contributed by atoms with Crippen molar-refractivity contribution in [1.29, 1.82) is 0 Å². The normalized spacial score (nSPS) is 20.9. The molecule has 2 N–H and O–H groups in total. The molecule has 2 atom stereocenters. The molecule has 0 amide bonds. The van der Waals surface area contributed by atoms with Crippen molar-refractivity contribution in [3.8, 4) is 0 Å². The van der Waals surface area contributed by atoms with Crippen LogP contribution in [0.5, 0.6) is 0 Å². The van der Waals surface area contributed by atoms with Crippen LogP contribution in [0.1, 0.15) is 59.3 Å². The van der Waals surface area contributed by atoms with Gasteiger partial charge in [0.05, 0.1) is 5.92 Å². The molecule has 3 nitrogen and oxygen atoms in total. The minimum atomic E-state index is -0.660. The van der Waals surface area contributed by atoms with Gasteiger partial charge in [-0.1, -0.05) is 33.1 Å². The highest BCUT2D eigenvalue weighted by Crippen LogP contribution is 2.26. The third-order valence-electron chi connectivity index (χ3n) is 4.15. The Hall–Kier alpha value is -0.570. The molecule has 18 heavy (non-hydrogen) atoms. The van der Waals surface area contributed by atoms with E-state index in [0.29, 0.717) is 18.5 Å². The quantitative estimate of drug-likeness (QED) is 0.734. The van der Waals surface area contributed by atoms with E-state index in [0.717, 1.165) is 12.3 Å². The second kappa shape index (κ2) is 7.78. The first-order chi connectivity index (χ1) is 8.50. The first kappa shape index (κ1) is 15.5. The third-order valence-corrected chi connectivity index (χ3v) is 4.15. The highest BCUT2D eigenvalue weighted by Gasteiger charge is 2.23. The molecule has 0 saturated heterocycles. The van der Waals surface area contributed by atoms with Gasteiger partial charge in [0.2, 0.25) is 0 Å². The molecule has 0 spiro atoms. The van der Waals surface area contributed by atoms with E-state index in [2.05, 4.69) is 26.1 Å². The van der Waals surface area contributed by atoms with Crippen molar-refractivity contribution in [3.05, 3.63) is 0 Å². The van der Waals surface area contributed by atoms with Gasteiger partial charge >= 0.3 is 5.97 Å². The molecule has 0 bridgehead atoms. The fourth-order valence-electron chi connectivity index (χ4n) is 2.97.